The number of alkyl halides is 2. The number of hydrogen-bond donors (Lipinski definition) is 0. The summed E-state index contributed by atoms with van der Waals surface area (Å²) in [6, 6.07) is 4.37. The molecule has 0 aliphatic rings. The average molecular weight is 539 g/mol. The number of halogens is 8. The molecule has 198 valence electrons. The lowest BCUT2D eigenvalue weighted by molar-refractivity contribution is -0.189. The van der Waals surface area contributed by atoms with Gasteiger partial charge in [0.2, 0.25) is 0 Å². The topological polar surface area (TPSA) is 42.2 Å². The molecule has 0 heterocycles. The molecule has 0 fully saturated rings. The van der Waals surface area contributed by atoms with E-state index in [0.717, 1.165) is 25.0 Å². The maximum Gasteiger partial charge on any atom is 0.432 e. The van der Waals surface area contributed by atoms with Crippen LogP contribution in [0, 0.1) is 58.1 Å². The summed E-state index contributed by atoms with van der Waals surface area (Å²) in [6.45, 7) is 2.31. The van der Waals surface area contributed by atoms with Crippen molar-refractivity contribution in [3.8, 4) is 23.7 Å². The van der Waals surface area contributed by atoms with Gasteiger partial charge in [0, 0.05) is 24.3 Å². The third kappa shape index (κ3) is 6.61. The molecule has 0 aliphatic heterocycles. The highest BCUT2D eigenvalue weighted by Gasteiger charge is 2.41. The summed E-state index contributed by atoms with van der Waals surface area (Å²) >= 11 is 0. The molecule has 0 amide bonds. The van der Waals surface area contributed by atoms with Gasteiger partial charge in [-0.25, -0.2) is 26.3 Å². The Bertz CT molecular complexity index is 1380. The summed E-state index contributed by atoms with van der Waals surface area (Å²) in [5.74, 6) is -5.85. The van der Waals surface area contributed by atoms with E-state index < -0.39 is 69.0 Å². The van der Waals surface area contributed by atoms with Gasteiger partial charge in [-0.05, 0) is 36.2 Å². The molecular formula is C27H17F8NO2. The van der Waals surface area contributed by atoms with Crippen molar-refractivity contribution >= 4 is 0 Å². The minimum Gasteiger partial charge on any atom is -0.429 e. The molecule has 0 aliphatic carbocycles. The normalized spacial score (nSPS) is 11.1. The Morgan fingerprint density at radius 1 is 0.763 bits per heavy atom. The SMILES string of the molecule is CCCCOCc1cc(F)c(C#Cc2cc(F)c(C(F)(F)Oc3cc(F)c(C#N)c(F)c3)c(F)c2)c(F)c1. The van der Waals surface area contributed by atoms with Crippen molar-refractivity contribution < 1.29 is 44.6 Å². The van der Waals surface area contributed by atoms with E-state index >= 15 is 0 Å². The largest absolute Gasteiger partial charge is 0.432 e. The summed E-state index contributed by atoms with van der Waals surface area (Å²) < 4.78 is 123. The van der Waals surface area contributed by atoms with Crippen molar-refractivity contribution in [2.45, 2.75) is 32.5 Å². The minimum atomic E-state index is -4.75. The lowest BCUT2D eigenvalue weighted by Crippen LogP contribution is -2.25. The van der Waals surface area contributed by atoms with Gasteiger partial charge in [0.25, 0.3) is 0 Å². The van der Waals surface area contributed by atoms with Gasteiger partial charge >= 0.3 is 6.11 Å². The Hall–Kier alpha value is -4.09. The zero-order valence-electron chi connectivity index (χ0n) is 19.6. The lowest BCUT2D eigenvalue weighted by atomic mass is 10.1. The van der Waals surface area contributed by atoms with Crippen LogP contribution < -0.4 is 4.74 Å². The van der Waals surface area contributed by atoms with Crippen LogP contribution >= 0.6 is 0 Å². The molecule has 0 spiro atoms. The Balaban J connectivity index is 1.85. The molecule has 3 aromatic rings. The number of nitriles is 1. The Morgan fingerprint density at radius 2 is 1.32 bits per heavy atom. The number of benzene rings is 3. The van der Waals surface area contributed by atoms with Crippen LogP contribution in [0.2, 0.25) is 0 Å². The summed E-state index contributed by atoms with van der Waals surface area (Å²) in [4.78, 5) is 0. The van der Waals surface area contributed by atoms with E-state index in [4.69, 9.17) is 10.00 Å². The number of rotatable bonds is 8. The van der Waals surface area contributed by atoms with E-state index in [1.807, 2.05) is 6.92 Å². The molecule has 11 heteroatoms. The van der Waals surface area contributed by atoms with E-state index in [1.165, 1.54) is 6.07 Å². The number of nitrogens with zero attached hydrogens (tertiary/aromatic N) is 1. The second kappa shape index (κ2) is 12.0. The molecule has 0 atom stereocenters. The second-order valence-electron chi connectivity index (χ2n) is 7.90. The van der Waals surface area contributed by atoms with E-state index in [0.29, 0.717) is 18.7 Å². The van der Waals surface area contributed by atoms with Crippen LogP contribution in [0.5, 0.6) is 5.75 Å². The lowest BCUT2D eigenvalue weighted by Gasteiger charge is -2.19. The first kappa shape index (κ1) is 28.5. The van der Waals surface area contributed by atoms with Crippen molar-refractivity contribution in [3.05, 3.63) is 99.1 Å². The molecule has 3 rings (SSSR count). The molecule has 0 N–H and O–H groups in total. The summed E-state index contributed by atoms with van der Waals surface area (Å²) in [5.41, 5.74) is -4.03. The molecule has 3 aromatic carbocycles. The van der Waals surface area contributed by atoms with Gasteiger partial charge < -0.3 is 9.47 Å². The maximum atomic E-state index is 14.5. The highest BCUT2D eigenvalue weighted by atomic mass is 19.3. The predicted molar refractivity (Wildman–Crippen MR) is 119 cm³/mol. The molecule has 0 saturated heterocycles. The van der Waals surface area contributed by atoms with Gasteiger partial charge in [-0.2, -0.15) is 14.0 Å². The van der Waals surface area contributed by atoms with Crippen LogP contribution in [0.1, 0.15) is 47.6 Å². The van der Waals surface area contributed by atoms with E-state index in [-0.39, 0.29) is 24.3 Å². The van der Waals surface area contributed by atoms with E-state index in [9.17, 15) is 35.1 Å². The Labute approximate surface area is 212 Å². The van der Waals surface area contributed by atoms with Crippen molar-refractivity contribution in [3.63, 3.8) is 0 Å². The fourth-order valence-electron chi connectivity index (χ4n) is 3.24. The first-order valence-corrected chi connectivity index (χ1v) is 11.0. The fourth-order valence-corrected chi connectivity index (χ4v) is 3.24. The Morgan fingerprint density at radius 3 is 1.84 bits per heavy atom. The molecular weight excluding hydrogens is 522 g/mol. The highest BCUT2D eigenvalue weighted by molar-refractivity contribution is 5.46. The van der Waals surface area contributed by atoms with Gasteiger partial charge in [0.1, 0.15) is 57.8 Å². The van der Waals surface area contributed by atoms with Crippen LogP contribution in [-0.2, 0) is 17.5 Å². The van der Waals surface area contributed by atoms with Crippen LogP contribution in [0.3, 0.4) is 0 Å². The molecule has 0 bridgehead atoms. The fraction of sp³-hybridized carbons (Fsp3) is 0.222. The molecule has 3 nitrogen and oxygen atoms in total. The summed E-state index contributed by atoms with van der Waals surface area (Å²) in [7, 11) is 0. The highest BCUT2D eigenvalue weighted by Crippen LogP contribution is 2.36. The molecule has 0 unspecified atom stereocenters. The average Bonchev–Trinajstić information content (AvgIpc) is 2.80. The third-order valence-electron chi connectivity index (χ3n) is 5.05. The van der Waals surface area contributed by atoms with Crippen molar-refractivity contribution in [2.75, 3.05) is 6.61 Å². The third-order valence-corrected chi connectivity index (χ3v) is 5.05. The predicted octanol–water partition coefficient (Wildman–Crippen LogP) is 7.24. The van der Waals surface area contributed by atoms with Crippen molar-refractivity contribution in [1.29, 1.82) is 5.26 Å². The van der Waals surface area contributed by atoms with Crippen molar-refractivity contribution in [2.24, 2.45) is 0 Å². The number of hydrogen-bond acceptors (Lipinski definition) is 3. The monoisotopic (exact) mass is 539 g/mol. The van der Waals surface area contributed by atoms with Crippen molar-refractivity contribution in [1.82, 2.24) is 0 Å². The molecule has 38 heavy (non-hydrogen) atoms. The standard InChI is InChI=1S/C27H17F8NO2/c1-2-3-6-37-14-16-9-20(28)18(21(29)10-16)5-4-15-7-24(32)26(25(33)8-15)27(34,35)38-17-11-22(30)19(13-36)23(31)12-17/h7-12H,2-3,6,14H2,1H3. The van der Waals surface area contributed by atoms with Gasteiger partial charge in [0.15, 0.2) is 0 Å². The van der Waals surface area contributed by atoms with Crippen LogP contribution in [-0.4, -0.2) is 6.61 Å². The molecule has 0 radical (unpaired) electrons. The van der Waals surface area contributed by atoms with Gasteiger partial charge in [-0.1, -0.05) is 25.2 Å². The zero-order valence-corrected chi connectivity index (χ0v) is 19.6. The molecule has 0 saturated carbocycles. The van der Waals surface area contributed by atoms with Gasteiger partial charge in [-0.3, -0.25) is 0 Å². The van der Waals surface area contributed by atoms with Crippen LogP contribution in [0.25, 0.3) is 0 Å². The minimum absolute atomic E-state index is 0.0442. The first-order valence-electron chi connectivity index (χ1n) is 11.0. The van der Waals surface area contributed by atoms with Crippen LogP contribution in [0.4, 0.5) is 35.1 Å². The molecule has 0 aromatic heterocycles. The first-order chi connectivity index (χ1) is 18.0. The van der Waals surface area contributed by atoms with Crippen LogP contribution in [0.15, 0.2) is 36.4 Å². The van der Waals surface area contributed by atoms with E-state index in [2.05, 4.69) is 16.6 Å². The Kier molecular flexibility index (Phi) is 8.97. The maximum absolute atomic E-state index is 14.5. The summed E-state index contributed by atoms with van der Waals surface area (Å²) in [5, 5.41) is 8.63. The second-order valence-corrected chi connectivity index (χ2v) is 7.90. The number of ether oxygens (including phenoxy) is 2. The number of unbranched alkanes of at least 4 members (excludes halogenated alkanes) is 1. The van der Waals surface area contributed by atoms with E-state index in [1.54, 1.807) is 0 Å². The quantitative estimate of drug-likeness (QED) is 0.172. The zero-order chi connectivity index (χ0) is 28.0. The van der Waals surface area contributed by atoms with Gasteiger partial charge in [-0.15, -0.1) is 0 Å². The van der Waals surface area contributed by atoms with Gasteiger partial charge in [0.05, 0.1) is 12.2 Å². The summed E-state index contributed by atoms with van der Waals surface area (Å²) in [6.07, 6.45) is -3.10. The smallest absolute Gasteiger partial charge is 0.429 e.